The van der Waals surface area contributed by atoms with Gasteiger partial charge in [-0.1, -0.05) is 52.0 Å². The number of amides is 4. The molecule has 4 aliphatic heterocycles. The number of aliphatic imine (C=N–C) groups is 1. The van der Waals surface area contributed by atoms with Gasteiger partial charge in [0.1, 0.15) is 30.3 Å². The number of H-pyrrole nitrogens is 1. The number of aromatic nitrogens is 2. The van der Waals surface area contributed by atoms with Gasteiger partial charge in [-0.3, -0.25) is 14.6 Å². The van der Waals surface area contributed by atoms with Crippen LogP contribution < -0.4 is 15.4 Å². The number of carbonyl (C=O) groups is 4. The summed E-state index contributed by atoms with van der Waals surface area (Å²) in [6, 6.07) is 14.9. The van der Waals surface area contributed by atoms with Crippen molar-refractivity contribution < 1.29 is 38.1 Å². The molecule has 4 amide bonds. The van der Waals surface area contributed by atoms with E-state index in [0.29, 0.717) is 38.5 Å². The van der Waals surface area contributed by atoms with Crippen LogP contribution in [0.15, 0.2) is 53.5 Å². The number of aromatic amines is 1. The van der Waals surface area contributed by atoms with Crippen molar-refractivity contribution in [2.24, 2.45) is 22.7 Å². The average molecular weight is 834 g/mol. The van der Waals surface area contributed by atoms with E-state index < -0.39 is 24.3 Å². The van der Waals surface area contributed by atoms with Gasteiger partial charge in [-0.05, 0) is 82.8 Å². The molecule has 8 rings (SSSR count). The number of rotatable bonds is 11. The zero-order chi connectivity index (χ0) is 43.1. The van der Waals surface area contributed by atoms with E-state index in [0.717, 1.165) is 80.8 Å². The quantitative estimate of drug-likeness (QED) is 0.148. The second-order valence-corrected chi connectivity index (χ2v) is 17.2. The minimum absolute atomic E-state index is 0.123. The Morgan fingerprint density at radius 1 is 0.869 bits per heavy atom. The molecular formula is C46H55N7O8. The molecule has 4 aliphatic rings. The number of methoxy groups -OCH3 is 3. The number of alkyl carbamates (subject to hydrolysis) is 2. The Morgan fingerprint density at radius 3 is 2.25 bits per heavy atom. The maximum absolute atomic E-state index is 14.0. The van der Waals surface area contributed by atoms with Crippen molar-refractivity contribution in [3.05, 3.63) is 65.6 Å². The predicted molar refractivity (Wildman–Crippen MR) is 230 cm³/mol. The second-order valence-electron chi connectivity index (χ2n) is 17.2. The number of hydrogen-bond acceptors (Lipinski definition) is 10. The fraction of sp³-hybridized carbons (Fsp3) is 0.478. The molecule has 5 heterocycles. The van der Waals surface area contributed by atoms with Gasteiger partial charge in [0.25, 0.3) is 0 Å². The fourth-order valence-corrected chi connectivity index (χ4v) is 9.41. The molecule has 0 aliphatic carbocycles. The monoisotopic (exact) mass is 833 g/mol. The van der Waals surface area contributed by atoms with Crippen molar-refractivity contribution in [1.29, 1.82) is 0 Å². The van der Waals surface area contributed by atoms with Crippen LogP contribution in [-0.2, 0) is 36.8 Å². The van der Waals surface area contributed by atoms with E-state index >= 15 is 0 Å². The third-order valence-corrected chi connectivity index (χ3v) is 12.6. The lowest BCUT2D eigenvalue weighted by molar-refractivity contribution is -0.135. The summed E-state index contributed by atoms with van der Waals surface area (Å²) in [5.74, 6) is 1.04. The lowest BCUT2D eigenvalue weighted by Gasteiger charge is -2.31. The van der Waals surface area contributed by atoms with E-state index in [1.165, 1.54) is 14.2 Å². The van der Waals surface area contributed by atoms with E-state index in [1.807, 2.05) is 43.6 Å². The number of hydrogen-bond donors (Lipinski definition) is 3. The van der Waals surface area contributed by atoms with Crippen molar-refractivity contribution in [1.82, 2.24) is 30.4 Å². The molecule has 5 atom stereocenters. The van der Waals surface area contributed by atoms with Crippen LogP contribution in [0.2, 0.25) is 0 Å². The van der Waals surface area contributed by atoms with Gasteiger partial charge < -0.3 is 44.4 Å². The van der Waals surface area contributed by atoms with Crippen molar-refractivity contribution in [3.8, 4) is 28.1 Å². The fourth-order valence-electron chi connectivity index (χ4n) is 9.41. The molecule has 0 bridgehead atoms. The number of nitrogens with one attached hydrogen (secondary N) is 3. The summed E-state index contributed by atoms with van der Waals surface area (Å²) in [5.41, 5.74) is 7.59. The minimum Gasteiger partial charge on any atom is -0.487 e. The molecule has 2 fully saturated rings. The molecule has 0 saturated carbocycles. The molecule has 4 aromatic rings. The normalized spacial score (nSPS) is 20.1. The summed E-state index contributed by atoms with van der Waals surface area (Å²) < 4.78 is 21.5. The smallest absolute Gasteiger partial charge is 0.407 e. The summed E-state index contributed by atoms with van der Waals surface area (Å²) in [6.45, 7) is 9.57. The average Bonchev–Trinajstić information content (AvgIpc) is 4.09. The highest BCUT2D eigenvalue weighted by Crippen LogP contribution is 2.43. The molecule has 2 saturated heterocycles. The molecule has 0 radical (unpaired) electrons. The highest BCUT2D eigenvalue weighted by Gasteiger charge is 2.43. The Morgan fingerprint density at radius 2 is 1.56 bits per heavy atom. The van der Waals surface area contributed by atoms with Gasteiger partial charge in [0, 0.05) is 43.8 Å². The van der Waals surface area contributed by atoms with Gasteiger partial charge in [0.2, 0.25) is 11.8 Å². The van der Waals surface area contributed by atoms with Crippen LogP contribution in [0.5, 0.6) is 5.75 Å². The zero-order valence-corrected chi connectivity index (χ0v) is 35.9. The summed E-state index contributed by atoms with van der Waals surface area (Å²) >= 11 is 0. The standard InChI is InChI=1S/C46H55N7O8/c1-24(2)39(50-45(56)59-6)43(54)52-16-8-9-36(52)42-48-35-23-61-38-19-28(11-14-31(38)41(35)49-42)27-10-13-30-29(18-27)12-15-33-32(30)20-34(47-33)37-17-26(22-58-5)21-53(37)44(55)40(25(3)4)51-46(57)60-7/h10-15,18-19,24-26,36-37,39-40H,8-9,16-17,20-23H2,1-7H3,(H,48,49)(H,50,56)(H,51,57)/t26-,36-,37-,39-,40-/m0/s1. The molecule has 0 unspecified atom stereocenters. The summed E-state index contributed by atoms with van der Waals surface area (Å²) in [4.78, 5) is 69.4. The Kier molecular flexibility index (Phi) is 11.8. The third-order valence-electron chi connectivity index (χ3n) is 12.6. The van der Waals surface area contributed by atoms with Crippen molar-refractivity contribution in [2.45, 2.75) is 84.2 Å². The van der Waals surface area contributed by atoms with Crippen LogP contribution in [0.4, 0.5) is 15.3 Å². The molecule has 322 valence electrons. The molecule has 61 heavy (non-hydrogen) atoms. The van der Waals surface area contributed by atoms with Crippen LogP contribution in [0.3, 0.4) is 0 Å². The number of carbonyl (C=O) groups excluding carboxylic acids is 4. The third kappa shape index (κ3) is 8.03. The predicted octanol–water partition coefficient (Wildman–Crippen LogP) is 6.71. The van der Waals surface area contributed by atoms with Crippen LogP contribution >= 0.6 is 0 Å². The van der Waals surface area contributed by atoms with Gasteiger partial charge in [0.15, 0.2) is 0 Å². The van der Waals surface area contributed by atoms with Crippen molar-refractivity contribution >= 4 is 46.2 Å². The topological polar surface area (TPSA) is 177 Å². The molecular weight excluding hydrogens is 779 g/mol. The first-order valence-electron chi connectivity index (χ1n) is 21.2. The Bertz CT molecular complexity index is 2390. The summed E-state index contributed by atoms with van der Waals surface area (Å²) in [5, 5.41) is 7.66. The summed E-state index contributed by atoms with van der Waals surface area (Å²) in [6.07, 6.45) is 1.67. The highest BCUT2D eigenvalue weighted by atomic mass is 16.5. The van der Waals surface area contributed by atoms with Crippen LogP contribution in [0.1, 0.15) is 70.1 Å². The van der Waals surface area contributed by atoms with Gasteiger partial charge in [-0.2, -0.15) is 0 Å². The second kappa shape index (κ2) is 17.2. The minimum atomic E-state index is -0.727. The van der Waals surface area contributed by atoms with E-state index in [4.69, 9.17) is 28.9 Å². The lowest BCUT2D eigenvalue weighted by Crippen LogP contribution is -2.53. The molecule has 3 N–H and O–H groups in total. The Balaban J connectivity index is 1.00. The lowest BCUT2D eigenvalue weighted by atomic mass is 9.93. The molecule has 1 aromatic heterocycles. The number of fused-ring (bicyclic) bond motifs is 6. The van der Waals surface area contributed by atoms with E-state index in [-0.39, 0.29) is 41.7 Å². The summed E-state index contributed by atoms with van der Waals surface area (Å²) in [7, 11) is 4.26. The van der Waals surface area contributed by atoms with E-state index in [1.54, 1.807) is 7.11 Å². The first-order chi connectivity index (χ1) is 29.4. The first kappa shape index (κ1) is 41.8. The Labute approximate surface area is 355 Å². The number of ether oxygens (including phenoxy) is 4. The number of likely N-dealkylation sites (tertiary alicyclic amines) is 2. The number of benzene rings is 3. The maximum Gasteiger partial charge on any atom is 0.407 e. The Hall–Kier alpha value is -5.96. The van der Waals surface area contributed by atoms with Crippen molar-refractivity contribution in [3.63, 3.8) is 0 Å². The SMILES string of the molecule is COC[C@H]1C[C@@H](C2=Nc3ccc4cc(-c5ccc6c(c5)OCc5[nH]c([C@@H]7CCCN7C(=O)[C@@H](NC(=O)OC)C(C)C)nc5-6)ccc4c3C2)N(C(=O)[C@@H](NC(=O)OC)C(C)C)C1. The van der Waals surface area contributed by atoms with E-state index in [9.17, 15) is 19.2 Å². The largest absolute Gasteiger partial charge is 0.487 e. The van der Waals surface area contributed by atoms with Gasteiger partial charge in [-0.25, -0.2) is 14.6 Å². The molecule has 15 heteroatoms. The van der Waals surface area contributed by atoms with Crippen LogP contribution in [-0.4, -0.2) is 109 Å². The molecule has 3 aromatic carbocycles. The molecule has 0 spiro atoms. The number of imidazole rings is 1. The van der Waals surface area contributed by atoms with E-state index in [2.05, 4.69) is 58.1 Å². The highest BCUT2D eigenvalue weighted by molar-refractivity contribution is 6.06. The first-order valence-corrected chi connectivity index (χ1v) is 21.2. The zero-order valence-electron chi connectivity index (χ0n) is 35.9. The van der Waals surface area contributed by atoms with Crippen LogP contribution in [0.25, 0.3) is 33.2 Å². The van der Waals surface area contributed by atoms with Crippen molar-refractivity contribution in [2.75, 3.05) is 41.0 Å². The van der Waals surface area contributed by atoms with Gasteiger partial charge >= 0.3 is 12.2 Å². The van der Waals surface area contributed by atoms with Gasteiger partial charge in [-0.15, -0.1) is 0 Å². The number of nitrogens with zero attached hydrogens (tertiary/aromatic N) is 4. The van der Waals surface area contributed by atoms with Gasteiger partial charge in [0.05, 0.1) is 50.0 Å². The maximum atomic E-state index is 14.0. The van der Waals surface area contributed by atoms with Crippen LogP contribution in [0, 0.1) is 17.8 Å². The molecule has 15 nitrogen and oxygen atoms in total.